The van der Waals surface area contributed by atoms with Crippen molar-refractivity contribution in [3.05, 3.63) is 36.9 Å². The summed E-state index contributed by atoms with van der Waals surface area (Å²) in [5.41, 5.74) is 2.16. The SMILES string of the molecule is c1ncc(-c2ccc(NC3CCCOC3)cc2)o1. The van der Waals surface area contributed by atoms with Gasteiger partial charge in [-0.15, -0.1) is 0 Å². The Labute approximate surface area is 106 Å². The van der Waals surface area contributed by atoms with E-state index in [1.165, 1.54) is 12.8 Å². The van der Waals surface area contributed by atoms with Gasteiger partial charge < -0.3 is 14.5 Å². The number of hydrogen-bond acceptors (Lipinski definition) is 4. The molecule has 1 aliphatic rings. The molecule has 18 heavy (non-hydrogen) atoms. The number of rotatable bonds is 3. The van der Waals surface area contributed by atoms with Gasteiger partial charge in [-0.05, 0) is 37.1 Å². The van der Waals surface area contributed by atoms with Crippen LogP contribution in [0.5, 0.6) is 0 Å². The van der Waals surface area contributed by atoms with Crippen molar-refractivity contribution in [3.8, 4) is 11.3 Å². The minimum absolute atomic E-state index is 0.426. The van der Waals surface area contributed by atoms with Crippen LogP contribution in [0, 0.1) is 0 Å². The topological polar surface area (TPSA) is 47.3 Å². The third kappa shape index (κ3) is 2.54. The monoisotopic (exact) mass is 244 g/mol. The van der Waals surface area contributed by atoms with E-state index in [0.717, 1.165) is 36.6 Å². The molecule has 4 heteroatoms. The number of ether oxygens (including phenoxy) is 1. The van der Waals surface area contributed by atoms with Crippen LogP contribution in [0.3, 0.4) is 0 Å². The minimum Gasteiger partial charge on any atom is -0.444 e. The quantitative estimate of drug-likeness (QED) is 0.901. The van der Waals surface area contributed by atoms with E-state index in [9.17, 15) is 0 Å². The van der Waals surface area contributed by atoms with E-state index in [4.69, 9.17) is 9.15 Å². The van der Waals surface area contributed by atoms with Crippen molar-refractivity contribution in [2.45, 2.75) is 18.9 Å². The lowest BCUT2D eigenvalue weighted by molar-refractivity contribution is 0.0876. The molecule has 3 rings (SSSR count). The summed E-state index contributed by atoms with van der Waals surface area (Å²) >= 11 is 0. The van der Waals surface area contributed by atoms with Crippen LogP contribution in [0.2, 0.25) is 0 Å². The highest BCUT2D eigenvalue weighted by Crippen LogP contribution is 2.21. The van der Waals surface area contributed by atoms with E-state index >= 15 is 0 Å². The Morgan fingerprint density at radius 2 is 2.11 bits per heavy atom. The lowest BCUT2D eigenvalue weighted by atomic mass is 10.1. The third-order valence-electron chi connectivity index (χ3n) is 3.13. The van der Waals surface area contributed by atoms with Crippen molar-refractivity contribution in [2.24, 2.45) is 0 Å². The summed E-state index contributed by atoms with van der Waals surface area (Å²) in [5, 5.41) is 3.48. The van der Waals surface area contributed by atoms with Gasteiger partial charge >= 0.3 is 0 Å². The van der Waals surface area contributed by atoms with E-state index in [1.54, 1.807) is 6.20 Å². The molecule has 1 saturated heterocycles. The molecule has 2 aromatic rings. The van der Waals surface area contributed by atoms with Crippen LogP contribution >= 0.6 is 0 Å². The fraction of sp³-hybridized carbons (Fsp3) is 0.357. The Morgan fingerprint density at radius 3 is 2.78 bits per heavy atom. The van der Waals surface area contributed by atoms with Crippen LogP contribution in [-0.2, 0) is 4.74 Å². The Balaban J connectivity index is 1.67. The number of nitrogens with one attached hydrogen (secondary N) is 1. The van der Waals surface area contributed by atoms with E-state index < -0.39 is 0 Å². The fourth-order valence-electron chi connectivity index (χ4n) is 2.18. The van der Waals surface area contributed by atoms with E-state index in [-0.39, 0.29) is 0 Å². The molecule has 1 aliphatic heterocycles. The first-order valence-corrected chi connectivity index (χ1v) is 6.25. The van der Waals surface area contributed by atoms with Crippen LogP contribution in [-0.4, -0.2) is 24.2 Å². The summed E-state index contributed by atoms with van der Waals surface area (Å²) in [5.74, 6) is 0.794. The molecular weight excluding hydrogens is 228 g/mol. The molecule has 0 aliphatic carbocycles. The zero-order valence-corrected chi connectivity index (χ0v) is 10.1. The van der Waals surface area contributed by atoms with Gasteiger partial charge in [0.15, 0.2) is 12.2 Å². The first-order valence-electron chi connectivity index (χ1n) is 6.25. The Bertz CT molecular complexity index is 473. The number of anilines is 1. The summed E-state index contributed by atoms with van der Waals surface area (Å²) in [4.78, 5) is 3.92. The highest BCUT2D eigenvalue weighted by Gasteiger charge is 2.13. The largest absolute Gasteiger partial charge is 0.444 e. The second kappa shape index (κ2) is 5.23. The molecule has 0 radical (unpaired) electrons. The molecule has 1 atom stereocenters. The van der Waals surface area contributed by atoms with Gasteiger partial charge in [0.1, 0.15) is 0 Å². The summed E-state index contributed by atoms with van der Waals surface area (Å²) in [6.45, 7) is 1.69. The molecule has 0 bridgehead atoms. The van der Waals surface area contributed by atoms with Crippen LogP contribution < -0.4 is 5.32 Å². The maximum absolute atomic E-state index is 5.45. The second-order valence-electron chi connectivity index (χ2n) is 4.50. The molecule has 1 fully saturated rings. The molecule has 2 heterocycles. The van der Waals surface area contributed by atoms with Crippen molar-refractivity contribution < 1.29 is 9.15 Å². The summed E-state index contributed by atoms with van der Waals surface area (Å²) in [6.07, 6.45) is 5.47. The van der Waals surface area contributed by atoms with Crippen LogP contribution in [0.1, 0.15) is 12.8 Å². The average molecular weight is 244 g/mol. The molecule has 0 amide bonds. The Hall–Kier alpha value is -1.81. The second-order valence-corrected chi connectivity index (χ2v) is 4.50. The van der Waals surface area contributed by atoms with Gasteiger partial charge in [0.2, 0.25) is 0 Å². The molecule has 0 saturated carbocycles. The predicted octanol–water partition coefficient (Wildman–Crippen LogP) is 2.93. The average Bonchev–Trinajstić information content (AvgIpc) is 2.95. The summed E-state index contributed by atoms with van der Waals surface area (Å²) in [6, 6.07) is 8.62. The molecule has 0 spiro atoms. The van der Waals surface area contributed by atoms with Crippen LogP contribution in [0.4, 0.5) is 5.69 Å². The normalized spacial score (nSPS) is 19.7. The van der Waals surface area contributed by atoms with Crippen molar-refractivity contribution in [1.29, 1.82) is 0 Å². The standard InChI is InChI=1S/C14H16N2O2/c1-2-13(9-17-7-1)16-12-5-3-11(4-6-12)14-8-15-10-18-14/h3-6,8,10,13,16H,1-2,7,9H2. The molecule has 1 N–H and O–H groups in total. The number of nitrogens with zero attached hydrogens (tertiary/aromatic N) is 1. The summed E-state index contributed by atoms with van der Waals surface area (Å²) < 4.78 is 10.7. The smallest absolute Gasteiger partial charge is 0.181 e. The Kier molecular flexibility index (Phi) is 3.28. The zero-order valence-electron chi connectivity index (χ0n) is 10.1. The number of hydrogen-bond donors (Lipinski definition) is 1. The van der Waals surface area contributed by atoms with Gasteiger partial charge in [-0.3, -0.25) is 0 Å². The van der Waals surface area contributed by atoms with Gasteiger partial charge in [-0.2, -0.15) is 0 Å². The highest BCUT2D eigenvalue weighted by molar-refractivity contribution is 5.60. The lowest BCUT2D eigenvalue weighted by Crippen LogP contribution is -2.29. The van der Waals surface area contributed by atoms with Gasteiger partial charge in [0.25, 0.3) is 0 Å². The van der Waals surface area contributed by atoms with Gasteiger partial charge in [0, 0.05) is 23.9 Å². The summed E-state index contributed by atoms with van der Waals surface area (Å²) in [7, 11) is 0. The predicted molar refractivity (Wildman–Crippen MR) is 69.4 cm³/mol. The number of aromatic nitrogens is 1. The minimum atomic E-state index is 0.426. The van der Waals surface area contributed by atoms with Gasteiger partial charge in [0.05, 0.1) is 12.8 Å². The molecule has 1 aromatic heterocycles. The number of oxazole rings is 1. The first-order chi connectivity index (χ1) is 8.92. The Morgan fingerprint density at radius 1 is 1.22 bits per heavy atom. The maximum atomic E-state index is 5.45. The van der Waals surface area contributed by atoms with E-state index in [2.05, 4.69) is 22.4 Å². The van der Waals surface area contributed by atoms with Crippen molar-refractivity contribution >= 4 is 5.69 Å². The van der Waals surface area contributed by atoms with Gasteiger partial charge in [-0.25, -0.2) is 4.98 Å². The molecule has 1 unspecified atom stereocenters. The van der Waals surface area contributed by atoms with Crippen molar-refractivity contribution in [1.82, 2.24) is 4.98 Å². The van der Waals surface area contributed by atoms with Crippen molar-refractivity contribution in [2.75, 3.05) is 18.5 Å². The molecule has 94 valence electrons. The molecule has 4 nitrogen and oxygen atoms in total. The van der Waals surface area contributed by atoms with Gasteiger partial charge in [-0.1, -0.05) is 0 Å². The van der Waals surface area contributed by atoms with Crippen LogP contribution in [0.15, 0.2) is 41.3 Å². The zero-order chi connectivity index (χ0) is 12.2. The van der Waals surface area contributed by atoms with E-state index in [1.807, 2.05) is 12.1 Å². The fourth-order valence-corrected chi connectivity index (χ4v) is 2.18. The van der Waals surface area contributed by atoms with E-state index in [0.29, 0.717) is 6.04 Å². The lowest BCUT2D eigenvalue weighted by Gasteiger charge is -2.24. The maximum Gasteiger partial charge on any atom is 0.181 e. The highest BCUT2D eigenvalue weighted by atomic mass is 16.5. The molecular formula is C14H16N2O2. The molecule has 1 aromatic carbocycles. The number of benzene rings is 1. The van der Waals surface area contributed by atoms with Crippen LogP contribution in [0.25, 0.3) is 11.3 Å². The first kappa shape index (κ1) is 11.3. The third-order valence-corrected chi connectivity index (χ3v) is 3.13. The van der Waals surface area contributed by atoms with Crippen molar-refractivity contribution in [3.63, 3.8) is 0 Å².